The lowest BCUT2D eigenvalue weighted by Crippen LogP contribution is -2.38. The van der Waals surface area contributed by atoms with Gasteiger partial charge in [0.1, 0.15) is 0 Å². The second-order valence-electron chi connectivity index (χ2n) is 3.96. The molecule has 0 saturated carbocycles. The van der Waals surface area contributed by atoms with Crippen molar-refractivity contribution < 1.29 is 9.47 Å². The van der Waals surface area contributed by atoms with Crippen LogP contribution in [0.15, 0.2) is 30.3 Å². The molecule has 1 saturated heterocycles. The molecule has 3 heteroatoms. The van der Waals surface area contributed by atoms with Crippen molar-refractivity contribution in [2.24, 2.45) is 0 Å². The Morgan fingerprint density at radius 1 is 1.12 bits per heavy atom. The van der Waals surface area contributed by atoms with Gasteiger partial charge < -0.3 is 9.47 Å². The molecule has 0 radical (unpaired) electrons. The lowest BCUT2D eigenvalue weighted by atomic mass is 10.00. The summed E-state index contributed by atoms with van der Waals surface area (Å²) in [6.45, 7) is 1.52. The Kier molecular flexibility index (Phi) is 4.22. The molecule has 0 spiro atoms. The Hall–Kier alpha value is -0.570. The van der Waals surface area contributed by atoms with Crippen LogP contribution in [0.1, 0.15) is 24.8 Å². The summed E-state index contributed by atoms with van der Waals surface area (Å²) in [5.41, 5.74) is 1.10. The molecule has 1 aliphatic rings. The highest BCUT2D eigenvalue weighted by Crippen LogP contribution is 2.35. The van der Waals surface area contributed by atoms with Gasteiger partial charge in [0.05, 0.1) is 13.2 Å². The second-order valence-corrected chi connectivity index (χ2v) is 4.34. The van der Waals surface area contributed by atoms with Gasteiger partial charge in [-0.2, -0.15) is 0 Å². The summed E-state index contributed by atoms with van der Waals surface area (Å²) in [6.07, 6.45) is 2.69. The molecule has 2 nitrogen and oxygen atoms in total. The van der Waals surface area contributed by atoms with Crippen molar-refractivity contribution >= 4 is 11.6 Å². The van der Waals surface area contributed by atoms with Gasteiger partial charge in [-0.25, -0.2) is 0 Å². The third kappa shape index (κ3) is 2.57. The number of halogens is 1. The van der Waals surface area contributed by atoms with Gasteiger partial charge >= 0.3 is 0 Å². The minimum atomic E-state index is -0.561. The van der Waals surface area contributed by atoms with Crippen LogP contribution in [0.5, 0.6) is 0 Å². The van der Waals surface area contributed by atoms with Crippen LogP contribution in [-0.4, -0.2) is 19.1 Å². The summed E-state index contributed by atoms with van der Waals surface area (Å²) in [4.78, 5) is 0. The number of rotatable bonds is 4. The summed E-state index contributed by atoms with van der Waals surface area (Å²) in [5.74, 6) is 0.0791. The summed E-state index contributed by atoms with van der Waals surface area (Å²) in [5, 5.41) is 0. The maximum Gasteiger partial charge on any atom is 0.194 e. The Balaban J connectivity index is 2.19. The molecule has 1 aromatic rings. The summed E-state index contributed by atoms with van der Waals surface area (Å²) < 4.78 is 11.7. The maximum absolute atomic E-state index is 5.87. The van der Waals surface area contributed by atoms with E-state index in [-0.39, 0.29) is 0 Å². The van der Waals surface area contributed by atoms with Crippen molar-refractivity contribution in [2.75, 3.05) is 19.1 Å². The van der Waals surface area contributed by atoms with E-state index in [2.05, 4.69) is 12.1 Å². The molecule has 16 heavy (non-hydrogen) atoms. The maximum atomic E-state index is 5.87. The summed E-state index contributed by atoms with van der Waals surface area (Å²) >= 11 is 5.76. The third-order valence-corrected chi connectivity index (χ3v) is 3.08. The van der Waals surface area contributed by atoms with Crippen LogP contribution in [0.3, 0.4) is 0 Å². The second kappa shape index (κ2) is 5.67. The third-order valence-electron chi connectivity index (χ3n) is 2.81. The fourth-order valence-corrected chi connectivity index (χ4v) is 2.16. The molecule has 0 aliphatic carbocycles. The van der Waals surface area contributed by atoms with Crippen LogP contribution < -0.4 is 0 Å². The first-order chi connectivity index (χ1) is 7.87. The monoisotopic (exact) mass is 240 g/mol. The van der Waals surface area contributed by atoms with Gasteiger partial charge in [0.15, 0.2) is 5.79 Å². The van der Waals surface area contributed by atoms with Gasteiger partial charge in [0, 0.05) is 17.9 Å². The van der Waals surface area contributed by atoms with Crippen LogP contribution in [-0.2, 0) is 15.3 Å². The first-order valence-electron chi connectivity index (χ1n) is 5.77. The van der Waals surface area contributed by atoms with E-state index in [0.29, 0.717) is 5.88 Å². The van der Waals surface area contributed by atoms with E-state index >= 15 is 0 Å². The smallest absolute Gasteiger partial charge is 0.194 e. The van der Waals surface area contributed by atoms with Crippen LogP contribution >= 0.6 is 11.6 Å². The molecule has 1 aromatic carbocycles. The minimum Gasteiger partial charge on any atom is -0.346 e. The van der Waals surface area contributed by atoms with E-state index < -0.39 is 5.79 Å². The van der Waals surface area contributed by atoms with Gasteiger partial charge in [-0.05, 0) is 12.8 Å². The van der Waals surface area contributed by atoms with E-state index in [1.807, 2.05) is 18.2 Å². The quantitative estimate of drug-likeness (QED) is 0.752. The van der Waals surface area contributed by atoms with Crippen molar-refractivity contribution in [1.82, 2.24) is 0 Å². The van der Waals surface area contributed by atoms with E-state index in [4.69, 9.17) is 21.1 Å². The summed E-state index contributed by atoms with van der Waals surface area (Å²) in [7, 11) is 0. The molecule has 1 heterocycles. The predicted molar refractivity (Wildman–Crippen MR) is 64.6 cm³/mol. The highest BCUT2D eigenvalue weighted by molar-refractivity contribution is 6.17. The molecule has 0 aromatic heterocycles. The van der Waals surface area contributed by atoms with Gasteiger partial charge in [-0.15, -0.1) is 11.6 Å². The lowest BCUT2D eigenvalue weighted by Gasteiger charge is -2.37. The number of hydrogen-bond donors (Lipinski definition) is 0. The fraction of sp³-hybridized carbons (Fsp3) is 0.538. The largest absolute Gasteiger partial charge is 0.346 e. The number of hydrogen-bond acceptors (Lipinski definition) is 2. The molecule has 2 rings (SSSR count). The van der Waals surface area contributed by atoms with Gasteiger partial charge in [-0.3, -0.25) is 0 Å². The van der Waals surface area contributed by atoms with Crippen molar-refractivity contribution in [3.8, 4) is 0 Å². The zero-order valence-electron chi connectivity index (χ0n) is 9.32. The van der Waals surface area contributed by atoms with Crippen LogP contribution in [0.2, 0.25) is 0 Å². The molecule has 0 amide bonds. The Bertz CT molecular complexity index is 307. The molecule has 88 valence electrons. The molecule has 1 fully saturated rings. The zero-order chi connectivity index (χ0) is 11.3. The molecule has 0 atom stereocenters. The number of benzene rings is 1. The molecule has 1 aliphatic heterocycles. The molecule has 0 bridgehead atoms. The lowest BCUT2D eigenvalue weighted by molar-refractivity contribution is -0.280. The van der Waals surface area contributed by atoms with Gasteiger partial charge in [-0.1, -0.05) is 30.3 Å². The highest BCUT2D eigenvalue weighted by Gasteiger charge is 2.35. The van der Waals surface area contributed by atoms with Crippen molar-refractivity contribution in [3.63, 3.8) is 0 Å². The predicted octanol–water partition coefficient (Wildman–Crippen LogP) is 3.30. The topological polar surface area (TPSA) is 18.5 Å². The van der Waals surface area contributed by atoms with E-state index in [9.17, 15) is 0 Å². The molecular formula is C13H17ClO2. The number of ether oxygens (including phenoxy) is 2. The van der Waals surface area contributed by atoms with Crippen LogP contribution in [0.4, 0.5) is 0 Å². The Morgan fingerprint density at radius 3 is 2.44 bits per heavy atom. The standard InChI is InChI=1S/C13H17ClO2/c14-9-4-8-13(15-10-5-11-16-13)12-6-2-1-3-7-12/h1-3,6-7H,4-5,8-11H2. The normalized spacial score (nSPS) is 19.6. The fourth-order valence-electron chi connectivity index (χ4n) is 2.02. The van der Waals surface area contributed by atoms with Crippen molar-refractivity contribution in [2.45, 2.75) is 25.0 Å². The van der Waals surface area contributed by atoms with Crippen LogP contribution in [0.25, 0.3) is 0 Å². The zero-order valence-corrected chi connectivity index (χ0v) is 10.1. The average Bonchev–Trinajstić information content (AvgIpc) is 2.38. The summed E-state index contributed by atoms with van der Waals surface area (Å²) in [6, 6.07) is 10.1. The Morgan fingerprint density at radius 2 is 1.81 bits per heavy atom. The van der Waals surface area contributed by atoms with Crippen LogP contribution in [0, 0.1) is 0 Å². The van der Waals surface area contributed by atoms with Crippen molar-refractivity contribution in [3.05, 3.63) is 35.9 Å². The SMILES string of the molecule is ClCCCC1(c2ccccc2)OCCCO1. The van der Waals surface area contributed by atoms with E-state index in [0.717, 1.165) is 38.0 Å². The van der Waals surface area contributed by atoms with Gasteiger partial charge in [0.2, 0.25) is 0 Å². The minimum absolute atomic E-state index is 0.561. The average molecular weight is 241 g/mol. The Labute approximate surface area is 102 Å². The van der Waals surface area contributed by atoms with Crippen molar-refractivity contribution in [1.29, 1.82) is 0 Å². The first-order valence-corrected chi connectivity index (χ1v) is 6.30. The first kappa shape index (κ1) is 11.9. The molecule has 0 unspecified atom stereocenters. The number of alkyl halides is 1. The molecule has 0 N–H and O–H groups in total. The van der Waals surface area contributed by atoms with E-state index in [1.165, 1.54) is 0 Å². The molecular weight excluding hydrogens is 224 g/mol. The van der Waals surface area contributed by atoms with E-state index in [1.54, 1.807) is 0 Å². The van der Waals surface area contributed by atoms with Gasteiger partial charge in [0.25, 0.3) is 0 Å². The highest BCUT2D eigenvalue weighted by atomic mass is 35.5.